The number of carbonyl (C=O) groups is 2. The first-order chi connectivity index (χ1) is 12.0. The molecule has 0 fully saturated rings. The van der Waals surface area contributed by atoms with Crippen molar-refractivity contribution in [1.82, 2.24) is 15.6 Å². The minimum atomic E-state index is -0.263. The summed E-state index contributed by atoms with van der Waals surface area (Å²) in [7, 11) is 0. The van der Waals surface area contributed by atoms with Gasteiger partial charge in [-0.3, -0.25) is 14.6 Å². The number of aromatic nitrogens is 1. The van der Waals surface area contributed by atoms with E-state index < -0.39 is 0 Å². The number of ether oxygens (including phenoxy) is 1. The third kappa shape index (κ3) is 5.76. The molecule has 0 spiro atoms. The molecule has 2 amide bonds. The number of rotatable bonds is 7. The Bertz CT molecular complexity index is 727. The second-order valence-corrected chi connectivity index (χ2v) is 5.89. The van der Waals surface area contributed by atoms with Crippen LogP contribution >= 0.6 is 11.6 Å². The van der Waals surface area contributed by atoms with Crippen LogP contribution in [-0.2, 0) is 4.79 Å². The van der Waals surface area contributed by atoms with Crippen molar-refractivity contribution in [3.8, 4) is 5.75 Å². The van der Waals surface area contributed by atoms with E-state index in [2.05, 4.69) is 15.6 Å². The van der Waals surface area contributed by atoms with Crippen molar-refractivity contribution >= 4 is 23.4 Å². The van der Waals surface area contributed by atoms with Gasteiger partial charge in [-0.2, -0.15) is 0 Å². The fraction of sp³-hybridized carbons (Fsp3) is 0.278. The molecule has 0 unspecified atom stereocenters. The van der Waals surface area contributed by atoms with Gasteiger partial charge in [0, 0.05) is 30.5 Å². The molecule has 7 heteroatoms. The summed E-state index contributed by atoms with van der Waals surface area (Å²) in [4.78, 5) is 27.5. The Morgan fingerprint density at radius 3 is 2.48 bits per heavy atom. The number of carbonyl (C=O) groups excluding carboxylic acids is 2. The Labute approximate surface area is 151 Å². The average molecular weight is 362 g/mol. The molecule has 25 heavy (non-hydrogen) atoms. The van der Waals surface area contributed by atoms with E-state index >= 15 is 0 Å². The predicted octanol–water partition coefficient (Wildman–Crippen LogP) is 2.28. The number of halogens is 1. The highest BCUT2D eigenvalue weighted by Crippen LogP contribution is 2.25. The molecule has 0 aliphatic carbocycles. The summed E-state index contributed by atoms with van der Waals surface area (Å²) in [6, 6.07) is 6.94. The zero-order chi connectivity index (χ0) is 18.2. The van der Waals surface area contributed by atoms with E-state index in [9.17, 15) is 9.59 Å². The summed E-state index contributed by atoms with van der Waals surface area (Å²) in [6.45, 7) is 4.29. The summed E-state index contributed by atoms with van der Waals surface area (Å²) in [5.74, 6) is 0.103. The van der Waals surface area contributed by atoms with Crippen LogP contribution in [0.15, 0.2) is 36.7 Å². The van der Waals surface area contributed by atoms with Gasteiger partial charge >= 0.3 is 0 Å². The van der Waals surface area contributed by atoms with Crippen LogP contribution in [0.5, 0.6) is 5.75 Å². The van der Waals surface area contributed by atoms with Crippen molar-refractivity contribution in [2.45, 2.75) is 13.8 Å². The molecule has 1 heterocycles. The molecule has 0 atom stereocenters. The number of hydrogen-bond acceptors (Lipinski definition) is 4. The summed E-state index contributed by atoms with van der Waals surface area (Å²) in [5.41, 5.74) is 2.27. The van der Waals surface area contributed by atoms with Gasteiger partial charge in [0.2, 0.25) is 0 Å². The first kappa shape index (κ1) is 18.7. The minimum absolute atomic E-state index is 0.100. The second-order valence-electron chi connectivity index (χ2n) is 5.51. The number of pyridine rings is 1. The van der Waals surface area contributed by atoms with E-state index in [1.54, 1.807) is 30.5 Å². The third-order valence-corrected chi connectivity index (χ3v) is 4.03. The molecule has 0 bridgehead atoms. The van der Waals surface area contributed by atoms with Crippen molar-refractivity contribution in [3.63, 3.8) is 0 Å². The van der Waals surface area contributed by atoms with Crippen molar-refractivity contribution in [3.05, 3.63) is 58.4 Å². The molecular weight excluding hydrogens is 342 g/mol. The Hall–Kier alpha value is -2.60. The van der Waals surface area contributed by atoms with Crippen molar-refractivity contribution in [1.29, 1.82) is 0 Å². The monoisotopic (exact) mass is 361 g/mol. The molecule has 2 aromatic rings. The maximum Gasteiger partial charge on any atom is 0.258 e. The first-order valence-electron chi connectivity index (χ1n) is 7.82. The lowest BCUT2D eigenvalue weighted by Crippen LogP contribution is -2.36. The topological polar surface area (TPSA) is 80.3 Å². The zero-order valence-corrected chi connectivity index (χ0v) is 14.9. The molecule has 1 aromatic carbocycles. The lowest BCUT2D eigenvalue weighted by molar-refractivity contribution is -0.123. The molecule has 0 saturated carbocycles. The van der Waals surface area contributed by atoms with E-state index in [0.29, 0.717) is 29.4 Å². The van der Waals surface area contributed by atoms with Gasteiger partial charge in [-0.15, -0.1) is 0 Å². The van der Waals surface area contributed by atoms with Gasteiger partial charge in [-0.05, 0) is 49.2 Å². The predicted molar refractivity (Wildman–Crippen MR) is 96.0 cm³/mol. The Morgan fingerprint density at radius 2 is 1.84 bits per heavy atom. The quantitative estimate of drug-likeness (QED) is 0.741. The molecule has 6 nitrogen and oxygen atoms in total. The van der Waals surface area contributed by atoms with Crippen LogP contribution in [0, 0.1) is 13.8 Å². The number of nitrogens with one attached hydrogen (secondary N) is 2. The van der Waals surface area contributed by atoms with Crippen molar-refractivity contribution in [2.24, 2.45) is 0 Å². The number of amides is 2. The van der Waals surface area contributed by atoms with Gasteiger partial charge in [0.25, 0.3) is 11.8 Å². The Balaban J connectivity index is 1.68. The number of aryl methyl sites for hydroxylation is 2. The highest BCUT2D eigenvalue weighted by molar-refractivity contribution is 6.32. The highest BCUT2D eigenvalue weighted by Gasteiger charge is 2.07. The molecule has 0 saturated heterocycles. The van der Waals surface area contributed by atoms with Gasteiger partial charge in [0.1, 0.15) is 5.75 Å². The van der Waals surface area contributed by atoms with Crippen LogP contribution in [0.1, 0.15) is 21.5 Å². The molecule has 2 N–H and O–H groups in total. The smallest absolute Gasteiger partial charge is 0.258 e. The second kappa shape index (κ2) is 9.03. The van der Waals surface area contributed by atoms with E-state index in [-0.39, 0.29) is 18.4 Å². The van der Waals surface area contributed by atoms with Crippen molar-refractivity contribution in [2.75, 3.05) is 19.7 Å². The standard InChI is InChI=1S/C18H20ClN3O3/c1-12-8-15(9-13(2)17(12)19)25-11-16(23)21-6-7-22-18(24)14-4-3-5-20-10-14/h3-5,8-10H,6-7,11H2,1-2H3,(H,21,23)(H,22,24). The average Bonchev–Trinajstić information content (AvgIpc) is 2.62. The molecule has 132 valence electrons. The van der Waals surface area contributed by atoms with Crippen LogP contribution in [0.2, 0.25) is 5.02 Å². The minimum Gasteiger partial charge on any atom is -0.484 e. The lowest BCUT2D eigenvalue weighted by Gasteiger charge is -2.10. The van der Waals surface area contributed by atoms with Crippen LogP contribution < -0.4 is 15.4 Å². The van der Waals surface area contributed by atoms with Gasteiger partial charge in [-0.1, -0.05) is 11.6 Å². The Kier molecular flexibility index (Phi) is 6.77. The van der Waals surface area contributed by atoms with E-state index in [4.69, 9.17) is 16.3 Å². The largest absolute Gasteiger partial charge is 0.484 e. The highest BCUT2D eigenvalue weighted by atomic mass is 35.5. The number of hydrogen-bond donors (Lipinski definition) is 2. The summed E-state index contributed by atoms with van der Waals surface area (Å²) in [5, 5.41) is 6.08. The maximum absolute atomic E-state index is 11.8. The number of nitrogens with zero attached hydrogens (tertiary/aromatic N) is 1. The fourth-order valence-corrected chi connectivity index (χ4v) is 2.28. The summed E-state index contributed by atoms with van der Waals surface area (Å²) in [6.07, 6.45) is 3.08. The van der Waals surface area contributed by atoms with Crippen molar-refractivity contribution < 1.29 is 14.3 Å². The SMILES string of the molecule is Cc1cc(OCC(=O)NCCNC(=O)c2cccnc2)cc(C)c1Cl. The van der Waals surface area contributed by atoms with Crippen LogP contribution in [-0.4, -0.2) is 36.5 Å². The molecule has 1 aromatic heterocycles. The van der Waals surface area contributed by atoms with Crippen LogP contribution in [0.25, 0.3) is 0 Å². The fourth-order valence-electron chi connectivity index (χ4n) is 2.17. The molecule has 0 aliphatic rings. The third-order valence-electron chi connectivity index (χ3n) is 3.44. The van der Waals surface area contributed by atoms with Gasteiger partial charge in [0.05, 0.1) is 5.56 Å². The molecule has 0 radical (unpaired) electrons. The van der Waals surface area contributed by atoms with Crippen LogP contribution in [0.3, 0.4) is 0 Å². The van der Waals surface area contributed by atoms with Gasteiger partial charge in [-0.25, -0.2) is 0 Å². The molecular formula is C18H20ClN3O3. The van der Waals surface area contributed by atoms with E-state index in [1.807, 2.05) is 13.8 Å². The number of benzene rings is 1. The van der Waals surface area contributed by atoms with E-state index in [0.717, 1.165) is 11.1 Å². The zero-order valence-electron chi connectivity index (χ0n) is 14.1. The normalized spacial score (nSPS) is 10.2. The lowest BCUT2D eigenvalue weighted by atomic mass is 10.1. The van der Waals surface area contributed by atoms with Crippen LogP contribution in [0.4, 0.5) is 0 Å². The molecule has 2 rings (SSSR count). The summed E-state index contributed by atoms with van der Waals surface area (Å²) < 4.78 is 5.47. The molecule has 0 aliphatic heterocycles. The van der Waals surface area contributed by atoms with Gasteiger partial charge in [0.15, 0.2) is 6.61 Å². The Morgan fingerprint density at radius 1 is 1.16 bits per heavy atom. The maximum atomic E-state index is 11.8. The first-order valence-corrected chi connectivity index (χ1v) is 8.19. The van der Waals surface area contributed by atoms with Gasteiger partial charge < -0.3 is 15.4 Å². The summed E-state index contributed by atoms with van der Waals surface area (Å²) >= 11 is 6.09. The van der Waals surface area contributed by atoms with E-state index in [1.165, 1.54) is 6.20 Å².